The molecule has 1 heterocycles. The number of hydrogen-bond acceptors (Lipinski definition) is 2. The zero-order chi connectivity index (χ0) is 17.6. The van der Waals surface area contributed by atoms with Gasteiger partial charge in [0.15, 0.2) is 0 Å². The van der Waals surface area contributed by atoms with Crippen LogP contribution in [0.15, 0.2) is 35.3 Å². The van der Waals surface area contributed by atoms with Crippen molar-refractivity contribution in [3.05, 3.63) is 57.8 Å². The number of aromatic nitrogens is 2. The largest absolute Gasteiger partial charge is 0.506 e. The van der Waals surface area contributed by atoms with Gasteiger partial charge in [0.05, 0.1) is 6.54 Å². The fraction of sp³-hybridized carbons (Fsp3) is 0.421. The van der Waals surface area contributed by atoms with Gasteiger partial charge in [0.25, 0.3) is 0 Å². The molecule has 0 bridgehead atoms. The zero-order valence-electron chi connectivity index (χ0n) is 14.7. The molecule has 0 unspecified atom stereocenters. The first-order valence-electron chi connectivity index (χ1n) is 7.92. The van der Waals surface area contributed by atoms with Gasteiger partial charge >= 0.3 is 0 Å². The number of aryl methyl sites for hydroxylation is 2. The van der Waals surface area contributed by atoms with E-state index < -0.39 is 0 Å². The second-order valence-electron chi connectivity index (χ2n) is 6.15. The third-order valence-electron chi connectivity index (χ3n) is 3.72. The third-order valence-corrected chi connectivity index (χ3v) is 4.22. The van der Waals surface area contributed by atoms with Crippen molar-refractivity contribution in [2.24, 2.45) is 5.92 Å². The Hall–Kier alpha value is -1.55. The van der Waals surface area contributed by atoms with Crippen molar-refractivity contribution in [2.75, 3.05) is 0 Å². The lowest BCUT2D eigenvalue weighted by Crippen LogP contribution is -2.05. The summed E-state index contributed by atoms with van der Waals surface area (Å²) in [7, 11) is 0. The van der Waals surface area contributed by atoms with Gasteiger partial charge in [-0.15, -0.1) is 0 Å². The maximum Gasteiger partial charge on any atom is 0.135 e. The van der Waals surface area contributed by atoms with Gasteiger partial charge in [0.1, 0.15) is 11.5 Å². The van der Waals surface area contributed by atoms with E-state index in [4.69, 9.17) is 0 Å². The predicted octanol–water partition coefficient (Wildman–Crippen LogP) is 5.89. The lowest BCUT2D eigenvalue weighted by molar-refractivity contribution is 0.507. The summed E-state index contributed by atoms with van der Waals surface area (Å²) in [6.45, 7) is 14.9. The van der Waals surface area contributed by atoms with Crippen molar-refractivity contribution in [3.63, 3.8) is 0 Å². The normalized spacial score (nSPS) is 10.4. The van der Waals surface area contributed by atoms with E-state index in [9.17, 15) is 5.11 Å². The first-order valence-corrected chi connectivity index (χ1v) is 8.71. The number of hydrogen-bond donors (Lipinski definition) is 1. The van der Waals surface area contributed by atoms with E-state index in [-0.39, 0.29) is 5.76 Å². The van der Waals surface area contributed by atoms with Gasteiger partial charge < -0.3 is 5.11 Å². The first-order chi connectivity index (χ1) is 10.7. The van der Waals surface area contributed by atoms with Crippen molar-refractivity contribution < 1.29 is 5.11 Å². The van der Waals surface area contributed by atoms with E-state index in [2.05, 4.69) is 67.4 Å². The third kappa shape index (κ3) is 6.22. The zero-order valence-corrected chi connectivity index (χ0v) is 16.3. The Bertz CT molecular complexity index is 659. The molecule has 0 spiro atoms. The number of aliphatic hydroxyl groups excluding tert-OH is 1. The Morgan fingerprint density at radius 2 is 1.91 bits per heavy atom. The summed E-state index contributed by atoms with van der Waals surface area (Å²) in [5, 5.41) is 13.7. The summed E-state index contributed by atoms with van der Waals surface area (Å²) >= 11 is 3.47. The quantitative estimate of drug-likeness (QED) is 0.673. The average Bonchev–Trinajstić information content (AvgIpc) is 2.85. The van der Waals surface area contributed by atoms with E-state index in [1.54, 1.807) is 0 Å². The summed E-state index contributed by atoms with van der Waals surface area (Å²) in [6, 6.07) is 8.01. The summed E-state index contributed by atoms with van der Waals surface area (Å²) in [4.78, 5) is 0. The highest BCUT2D eigenvalue weighted by molar-refractivity contribution is 9.10. The van der Waals surface area contributed by atoms with Gasteiger partial charge in [-0.1, -0.05) is 55.8 Å². The minimum atomic E-state index is 0.00261. The molecule has 4 heteroatoms. The molecule has 2 rings (SSSR count). The Labute approximate surface area is 148 Å². The Kier molecular flexibility index (Phi) is 7.56. The summed E-state index contributed by atoms with van der Waals surface area (Å²) < 4.78 is 2.92. The van der Waals surface area contributed by atoms with Crippen LogP contribution in [0.4, 0.5) is 0 Å². The van der Waals surface area contributed by atoms with Crippen molar-refractivity contribution >= 4 is 21.7 Å². The van der Waals surface area contributed by atoms with Crippen LogP contribution in [0.1, 0.15) is 49.7 Å². The molecular formula is C19H27BrN2O. The van der Waals surface area contributed by atoms with Gasteiger partial charge in [-0.3, -0.25) is 4.68 Å². The van der Waals surface area contributed by atoms with Crippen LogP contribution in [-0.2, 0) is 6.54 Å². The van der Waals surface area contributed by atoms with Crippen molar-refractivity contribution in [3.8, 4) is 0 Å². The number of benzene rings is 1. The molecule has 0 aliphatic rings. The molecule has 0 radical (unpaired) electrons. The number of halogens is 1. The molecule has 23 heavy (non-hydrogen) atoms. The number of rotatable bonds is 4. The van der Waals surface area contributed by atoms with Crippen LogP contribution in [-0.4, -0.2) is 14.9 Å². The molecule has 126 valence electrons. The molecule has 0 aliphatic carbocycles. The minimum Gasteiger partial charge on any atom is -0.506 e. The molecule has 1 N–H and O–H groups in total. The highest BCUT2D eigenvalue weighted by Crippen LogP contribution is 2.18. The Morgan fingerprint density at radius 1 is 1.30 bits per heavy atom. The minimum absolute atomic E-state index is 0.00261. The van der Waals surface area contributed by atoms with Crippen LogP contribution in [0.5, 0.6) is 0 Å². The van der Waals surface area contributed by atoms with Crippen molar-refractivity contribution in [1.29, 1.82) is 0 Å². The van der Waals surface area contributed by atoms with Gasteiger partial charge in [0.2, 0.25) is 0 Å². The smallest absolute Gasteiger partial charge is 0.135 e. The van der Waals surface area contributed by atoms with Crippen molar-refractivity contribution in [1.82, 2.24) is 9.78 Å². The monoisotopic (exact) mass is 378 g/mol. The molecule has 1 aromatic carbocycles. The summed E-state index contributed by atoms with van der Waals surface area (Å²) in [5.74, 6) is 0.887. The fourth-order valence-corrected chi connectivity index (χ4v) is 2.19. The maximum atomic E-state index is 9.35. The molecule has 1 aromatic heterocycles. The van der Waals surface area contributed by atoms with Crippen LogP contribution in [0, 0.1) is 19.8 Å². The maximum absolute atomic E-state index is 9.35. The standard InChI is InChI=1S/C14H15BrN2O.C5H12/c1-9-4-5-13(15)7-12(9)8-17-10(2)6-14(16-17)11(3)18;1-4-5(2)3/h4-7,18H,3,8H2,1-2H3;5H,4H2,1-3H3. The van der Waals surface area contributed by atoms with E-state index in [0.717, 1.165) is 16.1 Å². The van der Waals surface area contributed by atoms with E-state index in [0.29, 0.717) is 12.2 Å². The van der Waals surface area contributed by atoms with E-state index >= 15 is 0 Å². The molecule has 0 saturated carbocycles. The Morgan fingerprint density at radius 3 is 2.39 bits per heavy atom. The second-order valence-corrected chi connectivity index (χ2v) is 7.06. The van der Waals surface area contributed by atoms with Gasteiger partial charge in [-0.25, -0.2) is 0 Å². The van der Waals surface area contributed by atoms with Gasteiger partial charge in [-0.2, -0.15) is 5.10 Å². The molecule has 0 amide bonds. The SMILES string of the molecule is C=C(O)c1cc(C)n(Cc2cc(Br)ccc2C)n1.CCC(C)C. The fourth-order valence-electron chi connectivity index (χ4n) is 1.78. The highest BCUT2D eigenvalue weighted by Gasteiger charge is 2.08. The topological polar surface area (TPSA) is 38.0 Å². The van der Waals surface area contributed by atoms with Crippen LogP contribution in [0.3, 0.4) is 0 Å². The van der Waals surface area contributed by atoms with Crippen molar-refractivity contribution in [2.45, 2.75) is 47.6 Å². The highest BCUT2D eigenvalue weighted by atomic mass is 79.9. The molecule has 2 aromatic rings. The Balaban J connectivity index is 0.000000463. The predicted molar refractivity (Wildman–Crippen MR) is 102 cm³/mol. The summed E-state index contributed by atoms with van der Waals surface area (Å²) in [5.41, 5.74) is 3.95. The lowest BCUT2D eigenvalue weighted by Gasteiger charge is -2.08. The van der Waals surface area contributed by atoms with Crippen LogP contribution >= 0.6 is 15.9 Å². The molecule has 0 fully saturated rings. The van der Waals surface area contributed by atoms with E-state index in [1.807, 2.05) is 23.7 Å². The van der Waals surface area contributed by atoms with Gasteiger partial charge in [-0.05, 0) is 49.1 Å². The molecule has 3 nitrogen and oxygen atoms in total. The van der Waals surface area contributed by atoms with Crippen LogP contribution in [0.2, 0.25) is 0 Å². The second kappa shape index (κ2) is 8.92. The lowest BCUT2D eigenvalue weighted by atomic mass is 10.1. The molecule has 0 atom stereocenters. The van der Waals surface area contributed by atoms with Crippen LogP contribution in [0.25, 0.3) is 5.76 Å². The number of aliphatic hydroxyl groups is 1. The average molecular weight is 379 g/mol. The van der Waals surface area contributed by atoms with E-state index in [1.165, 1.54) is 17.5 Å². The molecular weight excluding hydrogens is 352 g/mol. The van der Waals surface area contributed by atoms with Gasteiger partial charge in [0, 0.05) is 10.2 Å². The van der Waals surface area contributed by atoms with Crippen LogP contribution < -0.4 is 0 Å². The molecule has 0 saturated heterocycles. The molecule has 0 aliphatic heterocycles. The summed E-state index contributed by atoms with van der Waals surface area (Å²) in [6.07, 6.45) is 1.31. The number of nitrogens with zero attached hydrogens (tertiary/aromatic N) is 2. The first kappa shape index (κ1) is 19.5.